The summed E-state index contributed by atoms with van der Waals surface area (Å²) < 4.78 is 13.9. The van der Waals surface area contributed by atoms with E-state index in [-0.39, 0.29) is 11.7 Å². The summed E-state index contributed by atoms with van der Waals surface area (Å²) in [5.74, 6) is -0.125. The first-order chi connectivity index (χ1) is 12.1. The van der Waals surface area contributed by atoms with E-state index >= 15 is 0 Å². The molecule has 0 radical (unpaired) electrons. The van der Waals surface area contributed by atoms with Gasteiger partial charge in [-0.3, -0.25) is 9.69 Å². The number of hydrogen-bond acceptors (Lipinski definition) is 2. The Labute approximate surface area is 148 Å². The molecule has 0 spiro atoms. The molecule has 1 aliphatic rings. The molecule has 3 rings (SSSR count). The summed E-state index contributed by atoms with van der Waals surface area (Å²) >= 11 is 0. The van der Waals surface area contributed by atoms with Crippen LogP contribution in [-0.2, 0) is 11.3 Å². The molecule has 0 unspecified atom stereocenters. The van der Waals surface area contributed by atoms with Crippen molar-refractivity contribution in [2.75, 3.05) is 26.2 Å². The van der Waals surface area contributed by atoms with Crippen molar-refractivity contribution >= 4 is 12.0 Å². The van der Waals surface area contributed by atoms with Crippen molar-refractivity contribution in [2.24, 2.45) is 0 Å². The Morgan fingerprint density at radius 2 is 1.80 bits per heavy atom. The number of hydrogen-bond donors (Lipinski definition) is 0. The molecule has 0 aliphatic carbocycles. The van der Waals surface area contributed by atoms with E-state index in [1.54, 1.807) is 12.1 Å². The molecule has 130 valence electrons. The van der Waals surface area contributed by atoms with Crippen molar-refractivity contribution in [3.8, 4) is 0 Å². The Hall–Kier alpha value is -2.46. The maximum atomic E-state index is 13.9. The highest BCUT2D eigenvalue weighted by Gasteiger charge is 2.20. The summed E-state index contributed by atoms with van der Waals surface area (Å²) in [5.41, 5.74) is 2.81. The summed E-state index contributed by atoms with van der Waals surface area (Å²) in [4.78, 5) is 16.3. The normalized spacial score (nSPS) is 15.7. The van der Waals surface area contributed by atoms with Crippen molar-refractivity contribution in [2.45, 2.75) is 13.5 Å². The quantitative estimate of drug-likeness (QED) is 0.797. The summed E-state index contributed by atoms with van der Waals surface area (Å²) in [6.07, 6.45) is 3.47. The van der Waals surface area contributed by atoms with Gasteiger partial charge in [0, 0.05) is 44.4 Å². The minimum Gasteiger partial charge on any atom is -0.337 e. The van der Waals surface area contributed by atoms with Gasteiger partial charge >= 0.3 is 0 Å². The lowest BCUT2D eigenvalue weighted by atomic mass is 10.1. The molecule has 4 heteroatoms. The average Bonchev–Trinajstić information content (AvgIpc) is 2.64. The van der Waals surface area contributed by atoms with Gasteiger partial charge in [0.15, 0.2) is 0 Å². The maximum absolute atomic E-state index is 13.9. The number of amides is 1. The van der Waals surface area contributed by atoms with E-state index < -0.39 is 0 Å². The largest absolute Gasteiger partial charge is 0.337 e. The molecular formula is C21H23FN2O. The van der Waals surface area contributed by atoms with Crippen molar-refractivity contribution < 1.29 is 9.18 Å². The Kier molecular flexibility index (Phi) is 5.61. The van der Waals surface area contributed by atoms with Crippen LogP contribution >= 0.6 is 0 Å². The van der Waals surface area contributed by atoms with Gasteiger partial charge in [0.1, 0.15) is 5.82 Å². The molecule has 3 nitrogen and oxygen atoms in total. The van der Waals surface area contributed by atoms with E-state index in [0.717, 1.165) is 29.8 Å². The van der Waals surface area contributed by atoms with Crippen molar-refractivity contribution in [3.05, 3.63) is 77.1 Å². The van der Waals surface area contributed by atoms with Crippen LogP contribution in [0.25, 0.3) is 6.08 Å². The zero-order chi connectivity index (χ0) is 17.6. The van der Waals surface area contributed by atoms with Gasteiger partial charge in [-0.1, -0.05) is 48.0 Å². The van der Waals surface area contributed by atoms with Gasteiger partial charge in [-0.2, -0.15) is 0 Å². The molecule has 0 atom stereocenters. The third kappa shape index (κ3) is 4.77. The van der Waals surface area contributed by atoms with Crippen LogP contribution in [0.3, 0.4) is 0 Å². The Bertz CT molecular complexity index is 750. The number of carbonyl (C=O) groups excluding carboxylic acids is 1. The molecule has 0 bridgehead atoms. The third-order valence-electron chi connectivity index (χ3n) is 4.50. The molecule has 0 N–H and O–H groups in total. The molecule has 2 aromatic carbocycles. The summed E-state index contributed by atoms with van der Waals surface area (Å²) in [6, 6.07) is 15.0. The standard InChI is InChI=1S/C21H23FN2O/c1-17-7-9-20(22)19(15-17)16-23-11-13-24(14-12-23)21(25)10-8-18-5-3-2-4-6-18/h2-10,15H,11-14,16H2,1H3/b10-8+. The van der Waals surface area contributed by atoms with Gasteiger partial charge in [0.2, 0.25) is 5.91 Å². The second-order valence-corrected chi connectivity index (χ2v) is 6.44. The summed E-state index contributed by atoms with van der Waals surface area (Å²) in [7, 11) is 0. The Morgan fingerprint density at radius 1 is 1.08 bits per heavy atom. The Balaban J connectivity index is 1.52. The topological polar surface area (TPSA) is 23.6 Å². The molecule has 0 saturated carbocycles. The molecular weight excluding hydrogens is 315 g/mol. The van der Waals surface area contributed by atoms with Gasteiger partial charge in [-0.15, -0.1) is 0 Å². The van der Waals surface area contributed by atoms with Crippen molar-refractivity contribution in [1.29, 1.82) is 0 Å². The zero-order valence-electron chi connectivity index (χ0n) is 14.5. The number of rotatable bonds is 4. The first kappa shape index (κ1) is 17.4. The van der Waals surface area contributed by atoms with E-state index in [1.807, 2.05) is 54.3 Å². The van der Waals surface area contributed by atoms with Crippen LogP contribution in [0.5, 0.6) is 0 Å². The fourth-order valence-corrected chi connectivity index (χ4v) is 3.03. The lowest BCUT2D eigenvalue weighted by Crippen LogP contribution is -2.47. The predicted octanol–water partition coefficient (Wildman–Crippen LogP) is 3.49. The summed E-state index contributed by atoms with van der Waals surface area (Å²) in [6.45, 7) is 5.43. The second kappa shape index (κ2) is 8.08. The van der Waals surface area contributed by atoms with Gasteiger partial charge in [-0.05, 0) is 24.6 Å². The molecule has 0 aromatic heterocycles. The van der Waals surface area contributed by atoms with Gasteiger partial charge in [0.05, 0.1) is 0 Å². The van der Waals surface area contributed by atoms with E-state index in [1.165, 1.54) is 6.07 Å². The second-order valence-electron chi connectivity index (χ2n) is 6.44. The monoisotopic (exact) mass is 338 g/mol. The fourth-order valence-electron chi connectivity index (χ4n) is 3.03. The summed E-state index contributed by atoms with van der Waals surface area (Å²) in [5, 5.41) is 0. The van der Waals surface area contributed by atoms with Gasteiger partial charge in [0.25, 0.3) is 0 Å². The van der Waals surface area contributed by atoms with E-state index in [0.29, 0.717) is 19.6 Å². The van der Waals surface area contributed by atoms with Crippen LogP contribution in [0, 0.1) is 12.7 Å². The molecule has 1 aliphatic heterocycles. The van der Waals surface area contributed by atoms with Gasteiger partial charge < -0.3 is 4.90 Å². The predicted molar refractivity (Wildman–Crippen MR) is 98.5 cm³/mol. The number of carbonyl (C=O) groups is 1. The number of benzene rings is 2. The minimum atomic E-state index is -0.157. The number of halogens is 1. The van der Waals surface area contributed by atoms with Gasteiger partial charge in [-0.25, -0.2) is 4.39 Å². The lowest BCUT2D eigenvalue weighted by molar-refractivity contribution is -0.127. The highest BCUT2D eigenvalue weighted by molar-refractivity contribution is 5.91. The number of nitrogens with zero attached hydrogens (tertiary/aromatic N) is 2. The first-order valence-electron chi connectivity index (χ1n) is 8.61. The molecule has 1 heterocycles. The molecule has 25 heavy (non-hydrogen) atoms. The Morgan fingerprint density at radius 3 is 2.52 bits per heavy atom. The lowest BCUT2D eigenvalue weighted by Gasteiger charge is -2.34. The smallest absolute Gasteiger partial charge is 0.246 e. The van der Waals surface area contributed by atoms with Crippen LogP contribution in [0.1, 0.15) is 16.7 Å². The zero-order valence-corrected chi connectivity index (χ0v) is 14.5. The van der Waals surface area contributed by atoms with Crippen LogP contribution < -0.4 is 0 Å². The number of piperazine rings is 1. The van der Waals surface area contributed by atoms with Crippen LogP contribution in [-0.4, -0.2) is 41.9 Å². The molecule has 1 saturated heterocycles. The fraction of sp³-hybridized carbons (Fsp3) is 0.286. The SMILES string of the molecule is Cc1ccc(F)c(CN2CCN(C(=O)/C=C/c3ccccc3)CC2)c1. The average molecular weight is 338 g/mol. The van der Waals surface area contributed by atoms with E-state index in [9.17, 15) is 9.18 Å². The van der Waals surface area contributed by atoms with Crippen LogP contribution in [0.4, 0.5) is 4.39 Å². The molecule has 2 aromatic rings. The maximum Gasteiger partial charge on any atom is 0.246 e. The van der Waals surface area contributed by atoms with Crippen molar-refractivity contribution in [1.82, 2.24) is 9.80 Å². The van der Waals surface area contributed by atoms with Crippen LogP contribution in [0.15, 0.2) is 54.6 Å². The van der Waals surface area contributed by atoms with E-state index in [4.69, 9.17) is 0 Å². The third-order valence-corrected chi connectivity index (χ3v) is 4.50. The van der Waals surface area contributed by atoms with E-state index in [2.05, 4.69) is 4.90 Å². The van der Waals surface area contributed by atoms with Crippen LogP contribution in [0.2, 0.25) is 0 Å². The molecule has 1 amide bonds. The first-order valence-corrected chi connectivity index (χ1v) is 8.61. The minimum absolute atomic E-state index is 0.0326. The number of aryl methyl sites for hydroxylation is 1. The molecule has 1 fully saturated rings. The highest BCUT2D eigenvalue weighted by Crippen LogP contribution is 2.14. The van der Waals surface area contributed by atoms with Crippen molar-refractivity contribution in [3.63, 3.8) is 0 Å². The highest BCUT2D eigenvalue weighted by atomic mass is 19.1.